The lowest BCUT2D eigenvalue weighted by Gasteiger charge is -2.22. The third kappa shape index (κ3) is 4.09. The van der Waals surface area contributed by atoms with E-state index in [1.54, 1.807) is 12.1 Å². The van der Waals surface area contributed by atoms with E-state index in [9.17, 15) is 9.90 Å². The predicted octanol–water partition coefficient (Wildman–Crippen LogP) is 2.27. The topological polar surface area (TPSA) is 93.8 Å². The van der Waals surface area contributed by atoms with Crippen LogP contribution in [0.5, 0.6) is 11.5 Å². The van der Waals surface area contributed by atoms with Gasteiger partial charge in [0, 0.05) is 6.54 Å². The monoisotopic (exact) mass is 376 g/mol. The number of amides is 1. The Morgan fingerprint density at radius 1 is 1.23 bits per heavy atom. The minimum Gasteiger partial charge on any atom is -0.486 e. The van der Waals surface area contributed by atoms with Crippen LogP contribution >= 0.6 is 11.6 Å². The van der Waals surface area contributed by atoms with Crippen molar-refractivity contribution in [3.8, 4) is 11.5 Å². The highest BCUT2D eigenvalue weighted by atomic mass is 35.5. The van der Waals surface area contributed by atoms with Gasteiger partial charge in [0.25, 0.3) is 0 Å². The molecule has 7 heteroatoms. The van der Waals surface area contributed by atoms with Crippen molar-refractivity contribution in [2.24, 2.45) is 5.73 Å². The van der Waals surface area contributed by atoms with E-state index >= 15 is 0 Å². The fourth-order valence-corrected chi connectivity index (χ4v) is 2.95. The standard InChI is InChI=1S/C19H21ClN2O4/c1-11-2-4-12(5-3-11)17(21)19(24)22-10-15(23)13-8-14(20)18-16(9-13)25-6-7-26-18/h2-5,8-9,15,17,23H,6-7,10,21H2,1H3,(H,22,24). The molecule has 6 nitrogen and oxygen atoms in total. The van der Waals surface area contributed by atoms with Crippen molar-refractivity contribution in [3.05, 3.63) is 58.1 Å². The van der Waals surface area contributed by atoms with Gasteiger partial charge in [-0.3, -0.25) is 4.79 Å². The summed E-state index contributed by atoms with van der Waals surface area (Å²) in [6.45, 7) is 2.82. The molecule has 138 valence electrons. The van der Waals surface area contributed by atoms with Crippen molar-refractivity contribution in [2.45, 2.75) is 19.1 Å². The van der Waals surface area contributed by atoms with E-state index in [1.165, 1.54) is 0 Å². The van der Waals surface area contributed by atoms with Gasteiger partial charge < -0.3 is 25.6 Å². The van der Waals surface area contributed by atoms with Crippen molar-refractivity contribution in [1.29, 1.82) is 0 Å². The zero-order valence-corrected chi connectivity index (χ0v) is 15.1. The summed E-state index contributed by atoms with van der Waals surface area (Å²) in [5.41, 5.74) is 8.31. The molecule has 0 aromatic heterocycles. The number of aliphatic hydroxyl groups is 1. The van der Waals surface area contributed by atoms with Gasteiger partial charge in [0.2, 0.25) is 5.91 Å². The van der Waals surface area contributed by atoms with E-state index in [0.717, 1.165) is 5.56 Å². The number of hydrogen-bond donors (Lipinski definition) is 3. The Balaban J connectivity index is 1.63. The zero-order valence-electron chi connectivity index (χ0n) is 14.4. The van der Waals surface area contributed by atoms with E-state index < -0.39 is 12.1 Å². The van der Waals surface area contributed by atoms with Crippen molar-refractivity contribution < 1.29 is 19.4 Å². The number of aliphatic hydroxyl groups excluding tert-OH is 1. The zero-order chi connectivity index (χ0) is 18.7. The maximum Gasteiger partial charge on any atom is 0.241 e. The maximum absolute atomic E-state index is 12.2. The minimum atomic E-state index is -0.947. The first kappa shape index (κ1) is 18.5. The van der Waals surface area contributed by atoms with Gasteiger partial charge in [-0.1, -0.05) is 41.4 Å². The predicted molar refractivity (Wildman–Crippen MR) is 98.5 cm³/mol. The minimum absolute atomic E-state index is 0.00830. The quantitative estimate of drug-likeness (QED) is 0.744. The van der Waals surface area contributed by atoms with Crippen LogP contribution in [0.1, 0.15) is 28.8 Å². The van der Waals surface area contributed by atoms with Gasteiger partial charge in [-0.25, -0.2) is 0 Å². The third-order valence-electron chi connectivity index (χ3n) is 4.19. The first-order chi connectivity index (χ1) is 12.5. The summed E-state index contributed by atoms with van der Waals surface area (Å²) >= 11 is 6.17. The van der Waals surface area contributed by atoms with Gasteiger partial charge in [0.05, 0.1) is 11.1 Å². The average Bonchev–Trinajstić information content (AvgIpc) is 2.65. The molecule has 2 unspecified atom stereocenters. The first-order valence-electron chi connectivity index (χ1n) is 8.32. The largest absolute Gasteiger partial charge is 0.486 e. The molecule has 0 spiro atoms. The molecule has 26 heavy (non-hydrogen) atoms. The van der Waals surface area contributed by atoms with Crippen molar-refractivity contribution in [1.82, 2.24) is 5.32 Å². The molecular formula is C19H21ClN2O4. The van der Waals surface area contributed by atoms with Crippen LogP contribution in [-0.2, 0) is 4.79 Å². The maximum atomic E-state index is 12.2. The number of nitrogens with one attached hydrogen (secondary N) is 1. The molecule has 3 rings (SSSR count). The molecule has 2 aromatic carbocycles. The van der Waals surface area contributed by atoms with Crippen LogP contribution in [0.2, 0.25) is 5.02 Å². The van der Waals surface area contributed by atoms with Gasteiger partial charge in [-0.15, -0.1) is 0 Å². The average molecular weight is 377 g/mol. The van der Waals surface area contributed by atoms with Gasteiger partial charge in [0.1, 0.15) is 19.3 Å². The molecule has 0 fully saturated rings. The smallest absolute Gasteiger partial charge is 0.241 e. The summed E-state index contributed by atoms with van der Waals surface area (Å²) in [4.78, 5) is 12.2. The lowest BCUT2D eigenvalue weighted by Crippen LogP contribution is -2.36. The second-order valence-electron chi connectivity index (χ2n) is 6.18. The SMILES string of the molecule is Cc1ccc(C(N)C(=O)NCC(O)c2cc(Cl)c3c(c2)OCCO3)cc1. The molecule has 2 aromatic rings. The number of fused-ring (bicyclic) bond motifs is 1. The van der Waals surface area contributed by atoms with Crippen LogP contribution in [-0.4, -0.2) is 30.8 Å². The highest BCUT2D eigenvalue weighted by molar-refractivity contribution is 6.32. The number of halogens is 1. The number of ether oxygens (including phenoxy) is 2. The summed E-state index contributed by atoms with van der Waals surface area (Å²) in [6, 6.07) is 9.89. The molecule has 2 atom stereocenters. The first-order valence-corrected chi connectivity index (χ1v) is 8.70. The molecule has 4 N–H and O–H groups in total. The van der Waals surface area contributed by atoms with E-state index in [0.29, 0.717) is 40.9 Å². The van der Waals surface area contributed by atoms with Crippen molar-refractivity contribution in [3.63, 3.8) is 0 Å². The number of rotatable bonds is 5. The molecule has 0 saturated carbocycles. The van der Waals surface area contributed by atoms with E-state index in [-0.39, 0.29) is 12.5 Å². The van der Waals surface area contributed by atoms with Crippen LogP contribution in [0.25, 0.3) is 0 Å². The second kappa shape index (κ2) is 7.95. The Labute approximate surface area is 156 Å². The van der Waals surface area contributed by atoms with Crippen LogP contribution in [0.4, 0.5) is 0 Å². The number of carbonyl (C=O) groups excluding carboxylic acids is 1. The lowest BCUT2D eigenvalue weighted by molar-refractivity contribution is -0.122. The summed E-state index contributed by atoms with van der Waals surface area (Å²) in [5, 5.41) is 13.4. The highest BCUT2D eigenvalue weighted by Gasteiger charge is 2.21. The molecule has 1 aliphatic rings. The summed E-state index contributed by atoms with van der Waals surface area (Å²) in [6.07, 6.45) is -0.947. The van der Waals surface area contributed by atoms with Crippen molar-refractivity contribution in [2.75, 3.05) is 19.8 Å². The Morgan fingerprint density at radius 3 is 2.65 bits per heavy atom. The van der Waals surface area contributed by atoms with Crippen LogP contribution in [0.15, 0.2) is 36.4 Å². The van der Waals surface area contributed by atoms with E-state index in [4.69, 9.17) is 26.8 Å². The summed E-state index contributed by atoms with van der Waals surface area (Å²) in [7, 11) is 0. The third-order valence-corrected chi connectivity index (χ3v) is 4.47. The number of nitrogens with two attached hydrogens (primary N) is 1. The number of carbonyl (C=O) groups is 1. The number of aryl methyl sites for hydroxylation is 1. The molecule has 0 radical (unpaired) electrons. The highest BCUT2D eigenvalue weighted by Crippen LogP contribution is 2.39. The van der Waals surface area contributed by atoms with Gasteiger partial charge in [-0.2, -0.15) is 0 Å². The van der Waals surface area contributed by atoms with E-state index in [1.807, 2.05) is 31.2 Å². The van der Waals surface area contributed by atoms with E-state index in [2.05, 4.69) is 5.32 Å². The second-order valence-corrected chi connectivity index (χ2v) is 6.58. The molecular weight excluding hydrogens is 356 g/mol. The van der Waals surface area contributed by atoms with Gasteiger partial charge >= 0.3 is 0 Å². The Bertz CT molecular complexity index is 795. The molecule has 0 bridgehead atoms. The van der Waals surface area contributed by atoms with Crippen LogP contribution in [0.3, 0.4) is 0 Å². The molecule has 1 aliphatic heterocycles. The molecule has 1 heterocycles. The number of hydrogen-bond acceptors (Lipinski definition) is 5. The van der Waals surface area contributed by atoms with Crippen molar-refractivity contribution >= 4 is 17.5 Å². The van der Waals surface area contributed by atoms with Crippen LogP contribution in [0, 0.1) is 6.92 Å². The summed E-state index contributed by atoms with van der Waals surface area (Å²) < 4.78 is 10.9. The lowest BCUT2D eigenvalue weighted by atomic mass is 10.0. The molecule has 1 amide bonds. The normalized spacial score (nSPS) is 15.2. The summed E-state index contributed by atoms with van der Waals surface area (Å²) in [5.74, 6) is 0.594. The van der Waals surface area contributed by atoms with Gasteiger partial charge in [-0.05, 0) is 30.2 Å². The molecule has 0 saturated heterocycles. The fourth-order valence-electron chi connectivity index (χ4n) is 2.67. The van der Waals surface area contributed by atoms with Gasteiger partial charge in [0.15, 0.2) is 11.5 Å². The molecule has 0 aliphatic carbocycles. The van der Waals surface area contributed by atoms with Crippen LogP contribution < -0.4 is 20.5 Å². The Morgan fingerprint density at radius 2 is 1.92 bits per heavy atom. The fraction of sp³-hybridized carbons (Fsp3) is 0.316. The Kier molecular flexibility index (Phi) is 5.66. The Hall–Kier alpha value is -2.28. The number of benzene rings is 2.